The second-order valence-corrected chi connectivity index (χ2v) is 5.15. The van der Waals surface area contributed by atoms with Gasteiger partial charge in [0, 0.05) is 6.54 Å². The van der Waals surface area contributed by atoms with Gasteiger partial charge in [0.2, 0.25) is 0 Å². The average Bonchev–Trinajstić information content (AvgIpc) is 2.72. The van der Waals surface area contributed by atoms with Crippen molar-refractivity contribution in [2.45, 2.75) is 32.6 Å². The van der Waals surface area contributed by atoms with Gasteiger partial charge in [0.25, 0.3) is 0 Å². The molecule has 0 aromatic heterocycles. The van der Waals surface area contributed by atoms with Crippen molar-refractivity contribution in [2.75, 3.05) is 20.1 Å². The van der Waals surface area contributed by atoms with Crippen LogP contribution in [-0.2, 0) is 24.1 Å². The van der Waals surface area contributed by atoms with E-state index < -0.39 is 0 Å². The third-order valence-corrected chi connectivity index (χ3v) is 3.44. The first-order chi connectivity index (χ1) is 8.15. The molecule has 0 heterocycles. The highest BCUT2D eigenvalue weighted by Crippen LogP contribution is 2.22. The Kier molecular flexibility index (Phi) is 3.95. The number of hydrogen-bond acceptors (Lipinski definition) is 2. The summed E-state index contributed by atoms with van der Waals surface area (Å²) in [6.07, 6.45) is 4.84. The summed E-state index contributed by atoms with van der Waals surface area (Å²) in [7, 11) is 2.01. The van der Waals surface area contributed by atoms with E-state index in [0.29, 0.717) is 6.54 Å². The monoisotopic (exact) mass is 231 g/mol. The minimum atomic E-state index is 0.237. The van der Waals surface area contributed by atoms with Crippen molar-refractivity contribution in [3.05, 3.63) is 34.9 Å². The van der Waals surface area contributed by atoms with Crippen LogP contribution in [0.25, 0.3) is 0 Å². The normalized spacial score (nSPS) is 14.1. The van der Waals surface area contributed by atoms with Gasteiger partial charge in [-0.05, 0) is 56.3 Å². The first-order valence-corrected chi connectivity index (χ1v) is 6.44. The number of rotatable bonds is 5. The first-order valence-electron chi connectivity index (χ1n) is 6.44. The molecule has 17 heavy (non-hydrogen) atoms. The molecule has 0 saturated carbocycles. The molecule has 2 heteroatoms. The predicted octanol–water partition coefficient (Wildman–Crippen LogP) is 2.24. The van der Waals surface area contributed by atoms with Crippen molar-refractivity contribution in [2.24, 2.45) is 0 Å². The molecule has 0 atom stereocenters. The number of likely N-dealkylation sites (N-methyl/N-ethyl adjacent to an activating group) is 1. The van der Waals surface area contributed by atoms with Crippen LogP contribution in [0.5, 0.6) is 0 Å². The van der Waals surface area contributed by atoms with E-state index in [9.17, 15) is 4.79 Å². The van der Waals surface area contributed by atoms with Crippen LogP contribution in [0.2, 0.25) is 0 Å². The molecule has 0 N–H and O–H groups in total. The maximum atomic E-state index is 11.0. The molecule has 0 spiro atoms. The van der Waals surface area contributed by atoms with E-state index in [1.54, 1.807) is 6.92 Å². The molecule has 1 aromatic rings. The smallest absolute Gasteiger partial charge is 0.143 e. The van der Waals surface area contributed by atoms with Gasteiger partial charge >= 0.3 is 0 Å². The van der Waals surface area contributed by atoms with Gasteiger partial charge in [-0.2, -0.15) is 0 Å². The molecule has 0 unspecified atom stereocenters. The summed E-state index contributed by atoms with van der Waals surface area (Å²) in [4.78, 5) is 13.1. The van der Waals surface area contributed by atoms with Crippen molar-refractivity contribution in [3.63, 3.8) is 0 Å². The summed E-state index contributed by atoms with van der Waals surface area (Å²) in [5, 5.41) is 0. The fourth-order valence-corrected chi connectivity index (χ4v) is 2.56. The number of ketones is 1. The van der Waals surface area contributed by atoms with Gasteiger partial charge in [-0.25, -0.2) is 0 Å². The first kappa shape index (κ1) is 12.3. The Morgan fingerprint density at radius 3 is 2.82 bits per heavy atom. The van der Waals surface area contributed by atoms with E-state index in [2.05, 4.69) is 23.1 Å². The second-order valence-electron chi connectivity index (χ2n) is 5.15. The van der Waals surface area contributed by atoms with E-state index in [0.717, 1.165) is 13.0 Å². The van der Waals surface area contributed by atoms with Gasteiger partial charge in [-0.1, -0.05) is 18.2 Å². The molecule has 1 aliphatic rings. The Labute approximate surface area is 104 Å². The molecule has 0 amide bonds. The summed E-state index contributed by atoms with van der Waals surface area (Å²) in [5.74, 6) is 0.237. The Bertz CT molecular complexity index is 411. The average molecular weight is 231 g/mol. The van der Waals surface area contributed by atoms with E-state index in [4.69, 9.17) is 0 Å². The second kappa shape index (κ2) is 5.46. The lowest BCUT2D eigenvalue weighted by Gasteiger charge is -2.14. The molecule has 0 radical (unpaired) electrons. The largest absolute Gasteiger partial charge is 0.299 e. The predicted molar refractivity (Wildman–Crippen MR) is 70.3 cm³/mol. The zero-order valence-electron chi connectivity index (χ0n) is 10.8. The number of nitrogens with zero attached hydrogens (tertiary/aromatic N) is 1. The summed E-state index contributed by atoms with van der Waals surface area (Å²) in [6.45, 7) is 3.16. The van der Waals surface area contributed by atoms with Gasteiger partial charge < -0.3 is 0 Å². The molecular formula is C15H21NO. The highest BCUT2D eigenvalue weighted by atomic mass is 16.1. The molecule has 2 rings (SSSR count). The van der Waals surface area contributed by atoms with Crippen LogP contribution in [0.3, 0.4) is 0 Å². The Morgan fingerprint density at radius 1 is 1.29 bits per heavy atom. The number of carbonyl (C=O) groups excluding carboxylic acids is 1. The lowest BCUT2D eigenvalue weighted by Crippen LogP contribution is -2.26. The SMILES string of the molecule is CC(=O)CN(C)CCc1ccc2c(c1)CCC2. The third-order valence-electron chi connectivity index (χ3n) is 3.44. The summed E-state index contributed by atoms with van der Waals surface area (Å²) in [6, 6.07) is 6.87. The van der Waals surface area contributed by atoms with Crippen LogP contribution in [-0.4, -0.2) is 30.8 Å². The number of carbonyl (C=O) groups is 1. The summed E-state index contributed by atoms with van der Waals surface area (Å²) < 4.78 is 0. The molecule has 0 bridgehead atoms. The zero-order chi connectivity index (χ0) is 12.3. The topological polar surface area (TPSA) is 20.3 Å². The van der Waals surface area contributed by atoms with E-state index in [1.807, 2.05) is 7.05 Å². The molecule has 92 valence electrons. The summed E-state index contributed by atoms with van der Waals surface area (Å²) >= 11 is 0. The summed E-state index contributed by atoms with van der Waals surface area (Å²) in [5.41, 5.74) is 4.48. The Hall–Kier alpha value is -1.15. The van der Waals surface area contributed by atoms with Gasteiger partial charge in [0.15, 0.2) is 0 Å². The molecule has 2 nitrogen and oxygen atoms in total. The molecule has 0 aliphatic heterocycles. The van der Waals surface area contributed by atoms with Crippen molar-refractivity contribution < 1.29 is 4.79 Å². The van der Waals surface area contributed by atoms with Crippen LogP contribution in [0.15, 0.2) is 18.2 Å². The van der Waals surface area contributed by atoms with Crippen molar-refractivity contribution in [1.29, 1.82) is 0 Å². The highest BCUT2D eigenvalue weighted by Gasteiger charge is 2.11. The van der Waals surface area contributed by atoms with E-state index >= 15 is 0 Å². The van der Waals surface area contributed by atoms with Gasteiger partial charge in [-0.15, -0.1) is 0 Å². The number of hydrogen-bond donors (Lipinski definition) is 0. The van der Waals surface area contributed by atoms with Gasteiger partial charge in [0.1, 0.15) is 5.78 Å². The van der Waals surface area contributed by atoms with Crippen LogP contribution in [0.4, 0.5) is 0 Å². The number of aryl methyl sites for hydroxylation is 2. The molecule has 1 aromatic carbocycles. The molecule has 0 fully saturated rings. The van der Waals surface area contributed by atoms with Crippen molar-refractivity contribution in [3.8, 4) is 0 Å². The van der Waals surface area contributed by atoms with E-state index in [1.165, 1.54) is 36.0 Å². The Morgan fingerprint density at radius 2 is 2.06 bits per heavy atom. The fourth-order valence-electron chi connectivity index (χ4n) is 2.56. The van der Waals surface area contributed by atoms with Crippen LogP contribution >= 0.6 is 0 Å². The van der Waals surface area contributed by atoms with Crippen LogP contribution in [0.1, 0.15) is 30.0 Å². The van der Waals surface area contributed by atoms with E-state index in [-0.39, 0.29) is 5.78 Å². The molecular weight excluding hydrogens is 210 g/mol. The molecule has 0 saturated heterocycles. The standard InChI is InChI=1S/C15H21NO/c1-12(17)11-16(2)9-8-13-6-7-14-4-3-5-15(14)10-13/h6-7,10H,3-5,8-9,11H2,1-2H3. The third kappa shape index (κ3) is 3.40. The number of benzene rings is 1. The minimum absolute atomic E-state index is 0.237. The maximum Gasteiger partial charge on any atom is 0.143 e. The minimum Gasteiger partial charge on any atom is -0.299 e. The highest BCUT2D eigenvalue weighted by molar-refractivity contribution is 5.77. The number of fused-ring (bicyclic) bond motifs is 1. The van der Waals surface area contributed by atoms with Gasteiger partial charge in [-0.3, -0.25) is 9.69 Å². The maximum absolute atomic E-state index is 11.0. The lowest BCUT2D eigenvalue weighted by atomic mass is 10.0. The lowest BCUT2D eigenvalue weighted by molar-refractivity contribution is -0.117. The van der Waals surface area contributed by atoms with Crippen molar-refractivity contribution >= 4 is 5.78 Å². The van der Waals surface area contributed by atoms with Crippen molar-refractivity contribution in [1.82, 2.24) is 4.90 Å². The van der Waals surface area contributed by atoms with Gasteiger partial charge in [0.05, 0.1) is 6.54 Å². The zero-order valence-corrected chi connectivity index (χ0v) is 10.8. The Balaban J connectivity index is 1.89. The number of Topliss-reactive ketones (excluding diaryl/α,β-unsaturated/α-hetero) is 1. The van der Waals surface area contributed by atoms with Crippen LogP contribution < -0.4 is 0 Å². The van der Waals surface area contributed by atoms with Crippen LogP contribution in [0, 0.1) is 0 Å². The quantitative estimate of drug-likeness (QED) is 0.774. The fraction of sp³-hybridized carbons (Fsp3) is 0.533. The molecule has 1 aliphatic carbocycles.